The third-order valence-electron chi connectivity index (χ3n) is 5.53. The van der Waals surface area contributed by atoms with Crippen molar-refractivity contribution in [3.63, 3.8) is 0 Å². The molecule has 35 heavy (non-hydrogen) atoms. The number of likely N-dealkylation sites (N-methyl/N-ethyl adjacent to an activating group) is 1. The van der Waals surface area contributed by atoms with Gasteiger partial charge in [0.15, 0.2) is 0 Å². The van der Waals surface area contributed by atoms with E-state index in [4.69, 9.17) is 0 Å². The lowest BCUT2D eigenvalue weighted by Gasteiger charge is -2.16. The van der Waals surface area contributed by atoms with Crippen molar-refractivity contribution in [3.8, 4) is 5.69 Å². The summed E-state index contributed by atoms with van der Waals surface area (Å²) < 4.78 is 40.6. The first-order valence-corrected chi connectivity index (χ1v) is 10.5. The summed E-state index contributed by atoms with van der Waals surface area (Å²) in [4.78, 5) is 46.3. The van der Waals surface area contributed by atoms with E-state index in [-0.39, 0.29) is 40.6 Å². The number of alkyl halides is 3. The maximum absolute atomic E-state index is 13.1. The number of nitrogens with zero attached hydrogens (tertiary/aromatic N) is 4. The van der Waals surface area contributed by atoms with Gasteiger partial charge in [0.1, 0.15) is 5.82 Å². The molecule has 4 rings (SSSR count). The topological polar surface area (TPSA) is 101 Å². The molecule has 0 saturated heterocycles. The normalized spacial score (nSPS) is 11.6. The quantitative estimate of drug-likeness (QED) is 0.345. The van der Waals surface area contributed by atoms with E-state index in [0.717, 1.165) is 17.0 Å². The minimum absolute atomic E-state index is 0.000717. The predicted octanol–water partition coefficient (Wildman–Crippen LogP) is 3.59. The summed E-state index contributed by atoms with van der Waals surface area (Å²) in [5, 5.41) is 4.59. The molecule has 1 amide bonds. The Morgan fingerprint density at radius 3 is 2.51 bits per heavy atom. The van der Waals surface area contributed by atoms with Crippen molar-refractivity contribution in [1.82, 2.24) is 24.6 Å². The van der Waals surface area contributed by atoms with Gasteiger partial charge in [-0.1, -0.05) is 18.2 Å². The fraction of sp³-hybridized carbons (Fsp3) is 0.208. The second-order valence-electron chi connectivity index (χ2n) is 8.03. The number of nitrogens with one attached hydrogen (secondary N) is 1. The van der Waals surface area contributed by atoms with Crippen LogP contribution >= 0.6 is 0 Å². The minimum Gasteiger partial charge on any atom is -0.331 e. The highest BCUT2D eigenvalue weighted by atomic mass is 19.4. The first kappa shape index (κ1) is 23.9. The Morgan fingerprint density at radius 1 is 1.09 bits per heavy atom. The van der Waals surface area contributed by atoms with Crippen LogP contribution in [0.3, 0.4) is 0 Å². The highest BCUT2D eigenvalue weighted by Crippen LogP contribution is 2.31. The van der Waals surface area contributed by atoms with Crippen molar-refractivity contribution >= 4 is 22.6 Å². The van der Waals surface area contributed by atoms with Gasteiger partial charge in [-0.3, -0.25) is 14.4 Å². The summed E-state index contributed by atoms with van der Waals surface area (Å²) in [6.45, 7) is 2.87. The number of aromatic nitrogens is 4. The van der Waals surface area contributed by atoms with Gasteiger partial charge in [0, 0.05) is 7.05 Å². The molecular weight excluding hydrogens is 463 g/mol. The molecule has 0 bridgehead atoms. The molecule has 2 aromatic carbocycles. The fourth-order valence-corrected chi connectivity index (χ4v) is 3.82. The summed E-state index contributed by atoms with van der Waals surface area (Å²) in [6.07, 6.45) is -4.54. The van der Waals surface area contributed by atoms with E-state index in [9.17, 15) is 27.6 Å². The lowest BCUT2D eigenvalue weighted by Crippen LogP contribution is -2.34. The molecule has 0 aliphatic heterocycles. The Labute approximate surface area is 197 Å². The van der Waals surface area contributed by atoms with Gasteiger partial charge in [-0.05, 0) is 44.2 Å². The van der Waals surface area contributed by atoms with Crippen LogP contribution in [0.2, 0.25) is 0 Å². The average Bonchev–Trinajstić information content (AvgIpc) is 3.11. The molecule has 180 valence electrons. The molecule has 0 atom stereocenters. The lowest BCUT2D eigenvalue weighted by atomic mass is 10.1. The van der Waals surface area contributed by atoms with Gasteiger partial charge in [-0.2, -0.15) is 18.3 Å². The number of halogens is 3. The molecule has 0 radical (unpaired) electrons. The highest BCUT2D eigenvalue weighted by molar-refractivity contribution is 6.43. The van der Waals surface area contributed by atoms with E-state index in [2.05, 4.69) is 15.1 Å². The molecule has 1 N–H and O–H groups in total. The number of ketones is 1. The Balaban J connectivity index is 1.61. The molecule has 2 heterocycles. The Morgan fingerprint density at radius 2 is 1.80 bits per heavy atom. The molecule has 0 spiro atoms. The second kappa shape index (κ2) is 8.82. The van der Waals surface area contributed by atoms with Crippen molar-refractivity contribution in [2.24, 2.45) is 0 Å². The lowest BCUT2D eigenvalue weighted by molar-refractivity contribution is -0.137. The van der Waals surface area contributed by atoms with Gasteiger partial charge in [0.05, 0.1) is 45.6 Å². The zero-order valence-electron chi connectivity index (χ0n) is 19.0. The summed E-state index contributed by atoms with van der Waals surface area (Å²) in [5.41, 5.74) is -0.241. The minimum atomic E-state index is -4.54. The van der Waals surface area contributed by atoms with Crippen LogP contribution in [0.25, 0.3) is 16.6 Å². The number of benzene rings is 2. The van der Waals surface area contributed by atoms with Gasteiger partial charge in [-0.15, -0.1) is 0 Å². The number of Topliss-reactive ketones (excluding diaryl/α,β-unsaturated/α-hetero) is 1. The molecule has 0 saturated carbocycles. The van der Waals surface area contributed by atoms with E-state index >= 15 is 0 Å². The number of aryl methyl sites for hydroxylation is 1. The smallest absolute Gasteiger partial charge is 0.331 e. The van der Waals surface area contributed by atoms with E-state index < -0.39 is 23.4 Å². The Bertz CT molecular complexity index is 1520. The Hall–Kier alpha value is -4.28. The molecule has 11 heteroatoms. The number of carbonyl (C=O) groups excluding carboxylic acids is 2. The van der Waals surface area contributed by atoms with Crippen LogP contribution in [-0.2, 0) is 17.5 Å². The SMILES string of the molecule is Cc1nn(-c2cccc(C(F)(F)F)c2)c(C)c1C(=O)C(=O)N(C)Cc1nc2ccccc2c(=O)[nH]1. The van der Waals surface area contributed by atoms with Crippen molar-refractivity contribution < 1.29 is 22.8 Å². The molecular formula is C24H20F3N5O3. The molecule has 0 aliphatic carbocycles. The second-order valence-corrected chi connectivity index (χ2v) is 8.03. The van der Waals surface area contributed by atoms with Gasteiger partial charge in [0.2, 0.25) is 0 Å². The average molecular weight is 483 g/mol. The number of hydrogen-bond donors (Lipinski definition) is 1. The maximum Gasteiger partial charge on any atom is 0.416 e. The molecule has 4 aromatic rings. The summed E-state index contributed by atoms with van der Waals surface area (Å²) in [6, 6.07) is 11.2. The molecule has 0 aliphatic rings. The van der Waals surface area contributed by atoms with Crippen LogP contribution < -0.4 is 5.56 Å². The van der Waals surface area contributed by atoms with E-state index in [1.54, 1.807) is 24.3 Å². The predicted molar refractivity (Wildman–Crippen MR) is 121 cm³/mol. The number of hydrogen-bond acceptors (Lipinski definition) is 5. The van der Waals surface area contributed by atoms with Crippen LogP contribution in [0.4, 0.5) is 13.2 Å². The van der Waals surface area contributed by atoms with Crippen molar-refractivity contribution in [2.45, 2.75) is 26.6 Å². The van der Waals surface area contributed by atoms with Crippen LogP contribution in [0.15, 0.2) is 53.3 Å². The number of H-pyrrole nitrogens is 1. The first-order chi connectivity index (χ1) is 16.5. The monoisotopic (exact) mass is 483 g/mol. The Kier molecular flexibility index (Phi) is 6.01. The highest BCUT2D eigenvalue weighted by Gasteiger charge is 2.32. The number of aromatic amines is 1. The van der Waals surface area contributed by atoms with Crippen LogP contribution in [0, 0.1) is 13.8 Å². The molecule has 2 aromatic heterocycles. The number of carbonyl (C=O) groups is 2. The molecule has 8 nitrogen and oxygen atoms in total. The summed E-state index contributed by atoms with van der Waals surface area (Å²) >= 11 is 0. The number of rotatable bonds is 5. The van der Waals surface area contributed by atoms with E-state index in [1.807, 2.05) is 0 Å². The molecule has 0 unspecified atom stereocenters. The van der Waals surface area contributed by atoms with Gasteiger partial charge in [-0.25, -0.2) is 9.67 Å². The van der Waals surface area contributed by atoms with Gasteiger partial charge < -0.3 is 9.88 Å². The number of para-hydroxylation sites is 1. The molecule has 0 fully saturated rings. The van der Waals surface area contributed by atoms with Gasteiger partial charge in [0.25, 0.3) is 17.2 Å². The van der Waals surface area contributed by atoms with Crippen LogP contribution in [0.1, 0.15) is 33.1 Å². The van der Waals surface area contributed by atoms with Crippen molar-refractivity contribution in [2.75, 3.05) is 7.05 Å². The number of fused-ring (bicyclic) bond motifs is 1. The summed E-state index contributed by atoms with van der Waals surface area (Å²) in [5.74, 6) is -1.55. The van der Waals surface area contributed by atoms with Crippen molar-refractivity contribution in [3.05, 3.63) is 87.2 Å². The zero-order valence-corrected chi connectivity index (χ0v) is 19.0. The first-order valence-electron chi connectivity index (χ1n) is 10.5. The summed E-state index contributed by atoms with van der Waals surface area (Å²) in [7, 11) is 1.39. The third-order valence-corrected chi connectivity index (χ3v) is 5.53. The van der Waals surface area contributed by atoms with Crippen molar-refractivity contribution in [1.29, 1.82) is 0 Å². The third kappa shape index (κ3) is 4.57. The number of amides is 1. The maximum atomic E-state index is 13.1. The zero-order chi connectivity index (χ0) is 25.5. The van der Waals surface area contributed by atoms with Crippen LogP contribution in [0.5, 0.6) is 0 Å². The van der Waals surface area contributed by atoms with Crippen LogP contribution in [-0.4, -0.2) is 43.4 Å². The fourth-order valence-electron chi connectivity index (χ4n) is 3.82. The van der Waals surface area contributed by atoms with E-state index in [0.29, 0.717) is 10.9 Å². The van der Waals surface area contributed by atoms with E-state index in [1.165, 1.54) is 37.7 Å². The largest absolute Gasteiger partial charge is 0.416 e. The standard InChI is InChI=1S/C24H20F3N5O3/c1-13-20(14(2)32(30-13)16-8-6-7-15(11-16)24(25,26)27)21(33)23(35)31(3)12-19-28-18-10-5-4-9-17(18)22(34)29-19/h4-11H,12H2,1-3H3,(H,28,29,34). The van der Waals surface area contributed by atoms with Gasteiger partial charge >= 0.3 is 6.18 Å².